The van der Waals surface area contributed by atoms with E-state index in [-0.39, 0.29) is 23.8 Å². The maximum Gasteiger partial charge on any atom is 0.310 e. The van der Waals surface area contributed by atoms with Gasteiger partial charge in [-0.25, -0.2) is 0 Å². The van der Waals surface area contributed by atoms with Crippen LogP contribution in [0.25, 0.3) is 0 Å². The standard InChI is InChI=1S/C13H19N3O3/c1-19-13(18)9-5-3-2-4-6-10(9)15-12(17)11-7-8-14-16-11/h7-10H,2-6H2,1H3,(H,14,16)(H,15,17)/t9-,10-/m1/s1. The summed E-state index contributed by atoms with van der Waals surface area (Å²) in [7, 11) is 1.39. The van der Waals surface area contributed by atoms with Crippen LogP contribution in [0.2, 0.25) is 0 Å². The monoisotopic (exact) mass is 265 g/mol. The zero-order valence-corrected chi connectivity index (χ0v) is 11.0. The van der Waals surface area contributed by atoms with Gasteiger partial charge in [-0.15, -0.1) is 0 Å². The molecule has 0 radical (unpaired) electrons. The van der Waals surface area contributed by atoms with Crippen LogP contribution in [-0.2, 0) is 9.53 Å². The Kier molecular flexibility index (Phi) is 4.54. The van der Waals surface area contributed by atoms with Gasteiger partial charge in [0.1, 0.15) is 5.69 Å². The van der Waals surface area contributed by atoms with Crippen molar-refractivity contribution in [1.29, 1.82) is 0 Å². The largest absolute Gasteiger partial charge is 0.469 e. The summed E-state index contributed by atoms with van der Waals surface area (Å²) in [5.74, 6) is -0.713. The molecule has 6 nitrogen and oxygen atoms in total. The lowest BCUT2D eigenvalue weighted by Crippen LogP contribution is -2.43. The topological polar surface area (TPSA) is 84.1 Å². The number of hydrogen-bond donors (Lipinski definition) is 2. The van der Waals surface area contributed by atoms with Crippen molar-refractivity contribution in [1.82, 2.24) is 15.5 Å². The van der Waals surface area contributed by atoms with Crippen LogP contribution >= 0.6 is 0 Å². The number of ether oxygens (including phenoxy) is 1. The van der Waals surface area contributed by atoms with Crippen molar-refractivity contribution in [3.8, 4) is 0 Å². The minimum Gasteiger partial charge on any atom is -0.469 e. The molecule has 1 saturated carbocycles. The number of methoxy groups -OCH3 is 1. The molecule has 1 fully saturated rings. The molecule has 0 unspecified atom stereocenters. The number of nitrogens with zero attached hydrogens (tertiary/aromatic N) is 1. The Morgan fingerprint density at radius 3 is 2.84 bits per heavy atom. The van der Waals surface area contributed by atoms with E-state index in [0.29, 0.717) is 5.69 Å². The number of aromatic nitrogens is 2. The summed E-state index contributed by atoms with van der Waals surface area (Å²) < 4.78 is 4.84. The van der Waals surface area contributed by atoms with Crippen molar-refractivity contribution in [2.24, 2.45) is 5.92 Å². The van der Waals surface area contributed by atoms with E-state index in [0.717, 1.165) is 32.1 Å². The predicted octanol–water partition coefficient (Wildman–Crippen LogP) is 1.26. The van der Waals surface area contributed by atoms with E-state index in [1.165, 1.54) is 13.3 Å². The Balaban J connectivity index is 2.05. The van der Waals surface area contributed by atoms with Crippen LogP contribution < -0.4 is 5.32 Å². The number of esters is 1. The van der Waals surface area contributed by atoms with Gasteiger partial charge in [-0.05, 0) is 18.9 Å². The van der Waals surface area contributed by atoms with E-state index in [2.05, 4.69) is 15.5 Å². The average molecular weight is 265 g/mol. The molecule has 6 heteroatoms. The van der Waals surface area contributed by atoms with Gasteiger partial charge in [-0.3, -0.25) is 14.7 Å². The first-order valence-corrected chi connectivity index (χ1v) is 6.60. The van der Waals surface area contributed by atoms with E-state index >= 15 is 0 Å². The van der Waals surface area contributed by atoms with Gasteiger partial charge in [0, 0.05) is 12.2 Å². The molecule has 0 spiro atoms. The Hall–Kier alpha value is -1.85. The first kappa shape index (κ1) is 13.6. The molecular weight excluding hydrogens is 246 g/mol. The van der Waals surface area contributed by atoms with E-state index in [9.17, 15) is 9.59 Å². The van der Waals surface area contributed by atoms with Gasteiger partial charge in [0.25, 0.3) is 5.91 Å². The molecule has 2 N–H and O–H groups in total. The van der Waals surface area contributed by atoms with Gasteiger partial charge in [-0.2, -0.15) is 5.10 Å². The fourth-order valence-corrected chi connectivity index (χ4v) is 2.54. The normalized spacial score (nSPS) is 23.4. The Morgan fingerprint density at radius 2 is 2.16 bits per heavy atom. The van der Waals surface area contributed by atoms with Crippen LogP contribution in [0.1, 0.15) is 42.6 Å². The lowest BCUT2D eigenvalue weighted by molar-refractivity contribution is -0.146. The molecule has 0 aromatic carbocycles. The predicted molar refractivity (Wildman–Crippen MR) is 68.4 cm³/mol. The SMILES string of the molecule is COC(=O)[C@@H]1CCCCC[C@H]1NC(=O)c1ccn[nH]1. The van der Waals surface area contributed by atoms with Crippen molar-refractivity contribution in [2.75, 3.05) is 7.11 Å². The Labute approximate surface area is 111 Å². The fraction of sp³-hybridized carbons (Fsp3) is 0.615. The second-order valence-electron chi connectivity index (χ2n) is 4.82. The molecule has 1 heterocycles. The molecule has 0 aliphatic heterocycles. The molecule has 19 heavy (non-hydrogen) atoms. The summed E-state index contributed by atoms with van der Waals surface area (Å²) in [6, 6.07) is 1.45. The minimum absolute atomic E-state index is 0.161. The van der Waals surface area contributed by atoms with E-state index in [4.69, 9.17) is 4.74 Å². The third-order valence-electron chi connectivity index (χ3n) is 3.58. The number of rotatable bonds is 3. The lowest BCUT2D eigenvalue weighted by Gasteiger charge is -2.23. The second kappa shape index (κ2) is 6.36. The number of aromatic amines is 1. The number of nitrogens with one attached hydrogen (secondary N) is 2. The molecule has 1 aromatic heterocycles. The van der Waals surface area contributed by atoms with E-state index in [1.54, 1.807) is 6.07 Å². The number of amides is 1. The van der Waals surface area contributed by atoms with E-state index < -0.39 is 0 Å². The number of H-pyrrole nitrogens is 1. The molecule has 2 atom stereocenters. The van der Waals surface area contributed by atoms with Crippen molar-refractivity contribution in [3.63, 3.8) is 0 Å². The maximum absolute atomic E-state index is 12.0. The molecule has 1 amide bonds. The molecule has 2 rings (SSSR count). The van der Waals surface area contributed by atoms with Crippen LogP contribution in [0, 0.1) is 5.92 Å². The zero-order valence-electron chi connectivity index (χ0n) is 11.0. The van der Waals surface area contributed by atoms with Crippen molar-refractivity contribution in [2.45, 2.75) is 38.1 Å². The maximum atomic E-state index is 12.0. The molecule has 1 aromatic rings. The first-order chi connectivity index (χ1) is 9.22. The first-order valence-electron chi connectivity index (χ1n) is 6.60. The number of hydrogen-bond acceptors (Lipinski definition) is 4. The number of carbonyl (C=O) groups is 2. The molecule has 1 aliphatic carbocycles. The summed E-state index contributed by atoms with van der Waals surface area (Å²) in [5, 5.41) is 9.29. The highest BCUT2D eigenvalue weighted by Gasteiger charge is 2.31. The quantitative estimate of drug-likeness (QED) is 0.636. The van der Waals surface area contributed by atoms with Gasteiger partial charge in [0.15, 0.2) is 0 Å². The molecule has 0 bridgehead atoms. The highest BCUT2D eigenvalue weighted by atomic mass is 16.5. The summed E-state index contributed by atoms with van der Waals surface area (Å²) >= 11 is 0. The minimum atomic E-state index is -0.251. The van der Waals surface area contributed by atoms with E-state index in [1.807, 2.05) is 0 Å². The van der Waals surface area contributed by atoms with Gasteiger partial charge >= 0.3 is 5.97 Å². The lowest BCUT2D eigenvalue weighted by atomic mass is 9.94. The smallest absolute Gasteiger partial charge is 0.310 e. The summed E-state index contributed by atoms with van der Waals surface area (Å²) in [5.41, 5.74) is 0.410. The van der Waals surface area contributed by atoms with Crippen LogP contribution in [0.15, 0.2) is 12.3 Å². The van der Waals surface area contributed by atoms with Crippen LogP contribution in [0.5, 0.6) is 0 Å². The van der Waals surface area contributed by atoms with Crippen molar-refractivity contribution in [3.05, 3.63) is 18.0 Å². The summed E-state index contributed by atoms with van der Waals surface area (Å²) in [4.78, 5) is 23.8. The van der Waals surface area contributed by atoms with Crippen molar-refractivity contribution >= 4 is 11.9 Å². The Morgan fingerprint density at radius 1 is 1.37 bits per heavy atom. The molecule has 104 valence electrons. The molecule has 0 saturated heterocycles. The average Bonchev–Trinajstić information content (AvgIpc) is 2.86. The van der Waals surface area contributed by atoms with Crippen molar-refractivity contribution < 1.29 is 14.3 Å². The Bertz CT molecular complexity index is 430. The van der Waals surface area contributed by atoms with Gasteiger partial charge in [0.05, 0.1) is 13.0 Å². The highest BCUT2D eigenvalue weighted by molar-refractivity contribution is 5.92. The summed E-state index contributed by atoms with van der Waals surface area (Å²) in [6.45, 7) is 0. The van der Waals surface area contributed by atoms with Crippen LogP contribution in [0.4, 0.5) is 0 Å². The van der Waals surface area contributed by atoms with Gasteiger partial charge in [0.2, 0.25) is 0 Å². The van der Waals surface area contributed by atoms with Gasteiger partial charge in [-0.1, -0.05) is 19.3 Å². The molecule has 1 aliphatic rings. The summed E-state index contributed by atoms with van der Waals surface area (Å²) in [6.07, 6.45) is 6.20. The second-order valence-corrected chi connectivity index (χ2v) is 4.82. The third kappa shape index (κ3) is 3.33. The highest BCUT2D eigenvalue weighted by Crippen LogP contribution is 2.24. The van der Waals surface area contributed by atoms with Crippen LogP contribution in [-0.4, -0.2) is 35.2 Å². The molecular formula is C13H19N3O3. The van der Waals surface area contributed by atoms with Gasteiger partial charge < -0.3 is 10.1 Å². The number of carbonyl (C=O) groups excluding carboxylic acids is 2. The van der Waals surface area contributed by atoms with Crippen LogP contribution in [0.3, 0.4) is 0 Å². The zero-order chi connectivity index (χ0) is 13.7. The fourth-order valence-electron chi connectivity index (χ4n) is 2.54. The third-order valence-corrected chi connectivity index (χ3v) is 3.58.